The standard InChI is InChI=1S/C16H25N5OS/c1-3-4-5-15-18-16(22-19-15)11-21-8-6-20(7-9-21)10-14-12-23-13(2)17-14/h12H,3-11H2,1-2H3. The minimum Gasteiger partial charge on any atom is -0.338 e. The number of aromatic nitrogens is 3. The smallest absolute Gasteiger partial charge is 0.240 e. The number of aryl methyl sites for hydroxylation is 2. The number of hydrogen-bond donors (Lipinski definition) is 0. The molecule has 0 bridgehead atoms. The molecule has 23 heavy (non-hydrogen) atoms. The van der Waals surface area contributed by atoms with Gasteiger partial charge in [-0.1, -0.05) is 18.5 Å². The number of hydrogen-bond acceptors (Lipinski definition) is 7. The van der Waals surface area contributed by atoms with Gasteiger partial charge >= 0.3 is 0 Å². The van der Waals surface area contributed by atoms with Crippen LogP contribution in [0.5, 0.6) is 0 Å². The van der Waals surface area contributed by atoms with Crippen molar-refractivity contribution in [2.45, 2.75) is 46.2 Å². The van der Waals surface area contributed by atoms with Crippen molar-refractivity contribution in [3.8, 4) is 0 Å². The van der Waals surface area contributed by atoms with Gasteiger partial charge < -0.3 is 4.52 Å². The zero-order valence-corrected chi connectivity index (χ0v) is 14.8. The van der Waals surface area contributed by atoms with Crippen molar-refractivity contribution in [1.82, 2.24) is 24.9 Å². The molecule has 1 aliphatic heterocycles. The molecule has 0 aromatic carbocycles. The predicted octanol–water partition coefficient (Wildman–Crippen LogP) is 2.49. The molecule has 3 heterocycles. The Morgan fingerprint density at radius 2 is 1.87 bits per heavy atom. The highest BCUT2D eigenvalue weighted by Gasteiger charge is 2.19. The molecule has 0 spiro atoms. The van der Waals surface area contributed by atoms with E-state index in [0.29, 0.717) is 0 Å². The van der Waals surface area contributed by atoms with Crippen LogP contribution < -0.4 is 0 Å². The van der Waals surface area contributed by atoms with Crippen molar-refractivity contribution in [1.29, 1.82) is 0 Å². The Labute approximate surface area is 141 Å². The average molecular weight is 335 g/mol. The molecular formula is C16H25N5OS. The second kappa shape index (κ2) is 7.99. The van der Waals surface area contributed by atoms with Crippen molar-refractivity contribution in [2.24, 2.45) is 0 Å². The lowest BCUT2D eigenvalue weighted by Crippen LogP contribution is -2.45. The third-order valence-electron chi connectivity index (χ3n) is 4.14. The van der Waals surface area contributed by atoms with Crippen molar-refractivity contribution in [2.75, 3.05) is 26.2 Å². The van der Waals surface area contributed by atoms with E-state index in [1.165, 1.54) is 5.69 Å². The lowest BCUT2D eigenvalue weighted by molar-refractivity contribution is 0.111. The minimum atomic E-state index is 0.750. The molecule has 0 atom stereocenters. The number of unbranched alkanes of at least 4 members (excludes halogenated alkanes) is 1. The van der Waals surface area contributed by atoms with Crippen molar-refractivity contribution in [3.63, 3.8) is 0 Å². The molecule has 0 amide bonds. The van der Waals surface area contributed by atoms with E-state index in [9.17, 15) is 0 Å². The van der Waals surface area contributed by atoms with Crippen LogP contribution in [0.15, 0.2) is 9.90 Å². The summed E-state index contributed by atoms with van der Waals surface area (Å²) in [6.07, 6.45) is 3.19. The van der Waals surface area contributed by atoms with Gasteiger partial charge in [-0.05, 0) is 13.3 Å². The molecule has 126 valence electrons. The summed E-state index contributed by atoms with van der Waals surface area (Å²) < 4.78 is 5.36. The van der Waals surface area contributed by atoms with Crippen LogP contribution in [0.25, 0.3) is 0 Å². The van der Waals surface area contributed by atoms with Gasteiger partial charge in [0.15, 0.2) is 5.82 Å². The van der Waals surface area contributed by atoms with Gasteiger partial charge in [0.05, 0.1) is 17.2 Å². The third-order valence-corrected chi connectivity index (χ3v) is 4.96. The van der Waals surface area contributed by atoms with Crippen LogP contribution >= 0.6 is 11.3 Å². The minimum absolute atomic E-state index is 0.750. The van der Waals surface area contributed by atoms with Gasteiger partial charge in [-0.2, -0.15) is 4.98 Å². The molecule has 6 nitrogen and oxygen atoms in total. The molecule has 3 rings (SSSR count). The average Bonchev–Trinajstić information content (AvgIpc) is 3.16. The highest BCUT2D eigenvalue weighted by atomic mass is 32.1. The Kier molecular flexibility index (Phi) is 5.75. The highest BCUT2D eigenvalue weighted by Crippen LogP contribution is 2.13. The fourth-order valence-electron chi connectivity index (χ4n) is 2.80. The summed E-state index contributed by atoms with van der Waals surface area (Å²) in [7, 11) is 0. The predicted molar refractivity (Wildman–Crippen MR) is 90.3 cm³/mol. The van der Waals surface area contributed by atoms with Crippen LogP contribution in [0, 0.1) is 6.92 Å². The van der Waals surface area contributed by atoms with Crippen LogP contribution in [-0.2, 0) is 19.5 Å². The monoisotopic (exact) mass is 335 g/mol. The summed E-state index contributed by atoms with van der Waals surface area (Å²) in [4.78, 5) is 13.9. The Hall–Kier alpha value is -1.31. The first kappa shape index (κ1) is 16.5. The molecule has 0 radical (unpaired) electrons. The SMILES string of the molecule is CCCCc1noc(CN2CCN(Cc3csc(C)n3)CC2)n1. The summed E-state index contributed by atoms with van der Waals surface area (Å²) in [5, 5.41) is 7.37. The van der Waals surface area contributed by atoms with Gasteiger partial charge in [0, 0.05) is 44.5 Å². The summed E-state index contributed by atoms with van der Waals surface area (Å²) in [5.74, 6) is 1.60. The van der Waals surface area contributed by atoms with Crippen LogP contribution in [0.1, 0.15) is 42.2 Å². The largest absolute Gasteiger partial charge is 0.338 e. The number of nitrogens with zero attached hydrogens (tertiary/aromatic N) is 5. The molecule has 1 saturated heterocycles. The maximum atomic E-state index is 5.36. The molecule has 0 aliphatic carbocycles. The van der Waals surface area contributed by atoms with Crippen molar-refractivity contribution in [3.05, 3.63) is 27.8 Å². The zero-order valence-electron chi connectivity index (χ0n) is 14.0. The first-order valence-electron chi connectivity index (χ1n) is 8.40. The van der Waals surface area contributed by atoms with E-state index in [-0.39, 0.29) is 0 Å². The quantitative estimate of drug-likeness (QED) is 0.775. The van der Waals surface area contributed by atoms with E-state index in [4.69, 9.17) is 4.52 Å². The van der Waals surface area contributed by atoms with Gasteiger partial charge in [0.2, 0.25) is 5.89 Å². The lowest BCUT2D eigenvalue weighted by atomic mass is 10.2. The van der Waals surface area contributed by atoms with Crippen molar-refractivity contribution < 1.29 is 4.52 Å². The fourth-order valence-corrected chi connectivity index (χ4v) is 3.40. The molecule has 2 aromatic rings. The summed E-state index contributed by atoms with van der Waals surface area (Å²) in [6.45, 7) is 10.2. The fraction of sp³-hybridized carbons (Fsp3) is 0.688. The lowest BCUT2D eigenvalue weighted by Gasteiger charge is -2.33. The zero-order chi connectivity index (χ0) is 16.1. The molecule has 0 unspecified atom stereocenters. The molecular weight excluding hydrogens is 310 g/mol. The van der Waals surface area contributed by atoms with Gasteiger partial charge in [-0.25, -0.2) is 4.98 Å². The molecule has 7 heteroatoms. The van der Waals surface area contributed by atoms with E-state index in [1.807, 2.05) is 0 Å². The van der Waals surface area contributed by atoms with E-state index in [0.717, 1.165) is 75.3 Å². The Morgan fingerprint density at radius 3 is 2.52 bits per heavy atom. The number of piperazine rings is 1. The molecule has 0 saturated carbocycles. The van der Waals surface area contributed by atoms with Gasteiger partial charge in [0.25, 0.3) is 0 Å². The second-order valence-corrected chi connectivity index (χ2v) is 7.18. The topological polar surface area (TPSA) is 58.3 Å². The van der Waals surface area contributed by atoms with Gasteiger partial charge in [-0.15, -0.1) is 11.3 Å². The number of rotatable bonds is 7. The van der Waals surface area contributed by atoms with Crippen LogP contribution in [0.3, 0.4) is 0 Å². The maximum Gasteiger partial charge on any atom is 0.240 e. The second-order valence-electron chi connectivity index (χ2n) is 6.12. The van der Waals surface area contributed by atoms with E-state index >= 15 is 0 Å². The van der Waals surface area contributed by atoms with Gasteiger partial charge in [0.1, 0.15) is 0 Å². The van der Waals surface area contributed by atoms with E-state index in [1.54, 1.807) is 11.3 Å². The normalized spacial score (nSPS) is 17.0. The van der Waals surface area contributed by atoms with Gasteiger partial charge in [-0.3, -0.25) is 9.80 Å². The van der Waals surface area contributed by atoms with E-state index in [2.05, 4.69) is 44.2 Å². The summed E-state index contributed by atoms with van der Waals surface area (Å²) in [5.41, 5.74) is 1.19. The maximum absolute atomic E-state index is 5.36. The molecule has 2 aromatic heterocycles. The third kappa shape index (κ3) is 4.83. The van der Waals surface area contributed by atoms with Crippen molar-refractivity contribution >= 4 is 11.3 Å². The Morgan fingerprint density at radius 1 is 1.13 bits per heavy atom. The Bertz CT molecular complexity index is 603. The van der Waals surface area contributed by atoms with Crippen LogP contribution in [0.4, 0.5) is 0 Å². The molecule has 0 N–H and O–H groups in total. The molecule has 1 fully saturated rings. The van der Waals surface area contributed by atoms with E-state index < -0.39 is 0 Å². The summed E-state index contributed by atoms with van der Waals surface area (Å²) >= 11 is 1.73. The first-order chi connectivity index (χ1) is 11.2. The molecule has 1 aliphatic rings. The first-order valence-corrected chi connectivity index (χ1v) is 9.28. The highest BCUT2D eigenvalue weighted by molar-refractivity contribution is 7.09. The Balaban J connectivity index is 1.42. The van der Waals surface area contributed by atoms with Crippen LogP contribution in [0.2, 0.25) is 0 Å². The number of thiazole rings is 1. The summed E-state index contributed by atoms with van der Waals surface area (Å²) in [6, 6.07) is 0. The van der Waals surface area contributed by atoms with Crippen LogP contribution in [-0.4, -0.2) is 51.1 Å².